The van der Waals surface area contributed by atoms with Crippen molar-refractivity contribution in [3.8, 4) is 0 Å². The number of aliphatic hydroxyl groups excluding tert-OH is 1. The lowest BCUT2D eigenvalue weighted by molar-refractivity contribution is -0.125. The van der Waals surface area contributed by atoms with Gasteiger partial charge >= 0.3 is 0 Å². The topological polar surface area (TPSA) is 136 Å². The van der Waals surface area contributed by atoms with Crippen LogP contribution in [0.2, 0.25) is 0 Å². The second-order valence-electron chi connectivity index (χ2n) is 3.57. The molecule has 0 aliphatic carbocycles. The van der Waals surface area contributed by atoms with Gasteiger partial charge in [0.25, 0.3) is 0 Å². The third kappa shape index (κ3) is 3.59. The number of hydrogen-bond donors (Lipinski definition) is 4. The fourth-order valence-electron chi connectivity index (χ4n) is 1.12. The van der Waals surface area contributed by atoms with Gasteiger partial charge in [-0.25, -0.2) is 21.9 Å². The van der Waals surface area contributed by atoms with Gasteiger partial charge in [0.1, 0.15) is 22.6 Å². The van der Waals surface area contributed by atoms with Gasteiger partial charge in [-0.1, -0.05) is 0 Å². The van der Waals surface area contributed by atoms with E-state index in [1.807, 2.05) is 0 Å². The molecule has 1 rings (SSSR count). The molecule has 0 saturated heterocycles. The number of rotatable bonds is 5. The van der Waals surface area contributed by atoms with Crippen LogP contribution in [-0.4, -0.2) is 32.1 Å². The Morgan fingerprint density at radius 1 is 1.37 bits per heavy atom. The predicted molar refractivity (Wildman–Crippen MR) is 61.2 cm³/mol. The molecule has 6 N–H and O–H groups in total. The number of nitrogen functional groups attached to an aromatic ring is 1. The summed E-state index contributed by atoms with van der Waals surface area (Å²) in [6.45, 7) is -0.742. The molecule has 1 amide bonds. The average molecular weight is 295 g/mol. The number of benzene rings is 1. The van der Waals surface area contributed by atoms with E-state index in [4.69, 9.17) is 16.6 Å². The molecule has 10 heteroatoms. The summed E-state index contributed by atoms with van der Waals surface area (Å²) < 4.78 is 51.3. The summed E-state index contributed by atoms with van der Waals surface area (Å²) in [6, 6.07) is 0.901. The van der Waals surface area contributed by atoms with Crippen molar-refractivity contribution in [3.05, 3.63) is 23.8 Å². The van der Waals surface area contributed by atoms with E-state index >= 15 is 0 Å². The van der Waals surface area contributed by atoms with E-state index in [1.165, 1.54) is 0 Å². The van der Waals surface area contributed by atoms with Gasteiger partial charge in [-0.05, 0) is 6.07 Å². The largest absolute Gasteiger partial charge is 0.396 e. The summed E-state index contributed by atoms with van der Waals surface area (Å²) in [7, 11) is -4.40. The summed E-state index contributed by atoms with van der Waals surface area (Å²) >= 11 is 0. The molecule has 0 aromatic heterocycles. The van der Waals surface area contributed by atoms with Gasteiger partial charge < -0.3 is 16.6 Å². The lowest BCUT2D eigenvalue weighted by Crippen LogP contribution is -2.40. The lowest BCUT2D eigenvalue weighted by Gasteiger charge is -2.10. The van der Waals surface area contributed by atoms with Gasteiger partial charge in [0.05, 0.1) is 5.69 Å². The molecular weight excluding hydrogens is 284 g/mol. The maximum Gasteiger partial charge on any atom is 0.247 e. The maximum absolute atomic E-state index is 13.3. The Bertz CT molecular complexity index is 606. The van der Waals surface area contributed by atoms with E-state index < -0.39 is 50.8 Å². The monoisotopic (exact) mass is 295 g/mol. The highest BCUT2D eigenvalue weighted by atomic mass is 32.2. The highest BCUT2D eigenvalue weighted by molar-refractivity contribution is 7.89. The molecule has 0 aliphatic rings. The lowest BCUT2D eigenvalue weighted by atomic mass is 10.3. The minimum absolute atomic E-state index is 0.314. The average Bonchev–Trinajstić information content (AvgIpc) is 2.30. The number of hydrogen-bond acceptors (Lipinski definition) is 5. The highest BCUT2D eigenvalue weighted by Gasteiger charge is 2.23. The van der Waals surface area contributed by atoms with Crippen LogP contribution < -0.4 is 16.2 Å². The van der Waals surface area contributed by atoms with Crippen molar-refractivity contribution < 1.29 is 27.1 Å². The number of sulfonamides is 1. The van der Waals surface area contributed by atoms with Gasteiger partial charge in [-0.15, -0.1) is 0 Å². The van der Waals surface area contributed by atoms with E-state index in [0.29, 0.717) is 12.1 Å². The van der Waals surface area contributed by atoms with Crippen molar-refractivity contribution in [2.24, 2.45) is 5.73 Å². The summed E-state index contributed by atoms with van der Waals surface area (Å²) in [6.07, 6.45) is -1.77. The number of aliphatic hydroxyl groups is 1. The molecule has 0 saturated carbocycles. The maximum atomic E-state index is 13.3. The first kappa shape index (κ1) is 15.3. The van der Waals surface area contributed by atoms with E-state index in [2.05, 4.69) is 0 Å². The molecule has 0 bridgehead atoms. The van der Waals surface area contributed by atoms with E-state index in [-0.39, 0.29) is 0 Å². The van der Waals surface area contributed by atoms with Crippen molar-refractivity contribution in [3.63, 3.8) is 0 Å². The molecule has 0 aliphatic heterocycles. The van der Waals surface area contributed by atoms with Crippen molar-refractivity contribution in [1.29, 1.82) is 0 Å². The number of carbonyl (C=O) groups excluding carboxylic acids is 1. The third-order valence-corrected chi connectivity index (χ3v) is 3.57. The second kappa shape index (κ2) is 5.47. The van der Waals surface area contributed by atoms with Gasteiger partial charge in [-0.3, -0.25) is 4.79 Å². The standard InChI is InChI=1S/C9H11F2N3O4S/c10-4-1-5(11)8(2-6(4)12)19(17,18)14-3-7(15)9(13)16/h1-2,7,14-15H,3,12H2,(H2,13,16). The van der Waals surface area contributed by atoms with Crippen LogP contribution in [0, 0.1) is 11.6 Å². The molecule has 0 radical (unpaired) electrons. The second-order valence-corrected chi connectivity index (χ2v) is 5.31. The van der Waals surface area contributed by atoms with Crippen molar-refractivity contribution >= 4 is 21.6 Å². The normalized spacial score (nSPS) is 13.2. The van der Waals surface area contributed by atoms with Crippen LogP contribution >= 0.6 is 0 Å². The van der Waals surface area contributed by atoms with Crippen LogP contribution in [0.1, 0.15) is 0 Å². The molecule has 0 fully saturated rings. The Morgan fingerprint density at radius 2 is 1.95 bits per heavy atom. The summed E-state index contributed by atoms with van der Waals surface area (Å²) in [4.78, 5) is 9.61. The van der Waals surface area contributed by atoms with Crippen molar-refractivity contribution in [2.75, 3.05) is 12.3 Å². The Balaban J connectivity index is 3.01. The Kier molecular flexibility index (Phi) is 4.39. The van der Waals surface area contributed by atoms with Gasteiger partial charge in [0.15, 0.2) is 0 Å². The number of nitrogens with one attached hydrogen (secondary N) is 1. The fraction of sp³-hybridized carbons (Fsp3) is 0.222. The quantitative estimate of drug-likeness (QED) is 0.499. The highest BCUT2D eigenvalue weighted by Crippen LogP contribution is 2.20. The molecule has 7 nitrogen and oxygen atoms in total. The Hall–Kier alpha value is -1.78. The van der Waals surface area contributed by atoms with Gasteiger partial charge in [0, 0.05) is 12.6 Å². The molecule has 1 aromatic carbocycles. The molecular formula is C9H11F2N3O4S. The molecule has 106 valence electrons. The third-order valence-electron chi connectivity index (χ3n) is 2.14. The first-order chi connectivity index (χ1) is 8.65. The first-order valence-electron chi connectivity index (χ1n) is 4.86. The number of carbonyl (C=O) groups is 1. The number of nitrogens with two attached hydrogens (primary N) is 2. The smallest absolute Gasteiger partial charge is 0.247 e. The predicted octanol–water partition coefficient (Wildman–Crippen LogP) is -1.33. The van der Waals surface area contributed by atoms with Crippen LogP contribution in [0.15, 0.2) is 17.0 Å². The van der Waals surface area contributed by atoms with Crippen LogP contribution in [-0.2, 0) is 14.8 Å². The zero-order valence-electron chi connectivity index (χ0n) is 9.43. The van der Waals surface area contributed by atoms with Crippen molar-refractivity contribution in [1.82, 2.24) is 4.72 Å². The van der Waals surface area contributed by atoms with E-state index in [1.54, 1.807) is 4.72 Å². The Morgan fingerprint density at radius 3 is 2.47 bits per heavy atom. The minimum Gasteiger partial charge on any atom is -0.396 e. The van der Waals surface area contributed by atoms with Crippen LogP contribution in [0.25, 0.3) is 0 Å². The summed E-state index contributed by atoms with van der Waals surface area (Å²) in [5, 5.41) is 9.02. The number of anilines is 1. The zero-order valence-corrected chi connectivity index (χ0v) is 10.2. The summed E-state index contributed by atoms with van der Waals surface area (Å²) in [5.41, 5.74) is 9.29. The van der Waals surface area contributed by atoms with E-state index in [9.17, 15) is 22.0 Å². The molecule has 0 spiro atoms. The van der Waals surface area contributed by atoms with Crippen LogP contribution in [0.4, 0.5) is 14.5 Å². The molecule has 0 heterocycles. The molecule has 1 atom stereocenters. The van der Waals surface area contributed by atoms with Crippen LogP contribution in [0.5, 0.6) is 0 Å². The fourth-order valence-corrected chi connectivity index (χ4v) is 2.25. The Labute approximate surface area is 107 Å². The zero-order chi connectivity index (χ0) is 14.8. The number of halogens is 2. The van der Waals surface area contributed by atoms with Gasteiger partial charge in [-0.2, -0.15) is 0 Å². The molecule has 1 aromatic rings. The van der Waals surface area contributed by atoms with E-state index in [0.717, 1.165) is 0 Å². The SMILES string of the molecule is NC(=O)C(O)CNS(=O)(=O)c1cc(N)c(F)cc1F. The molecule has 19 heavy (non-hydrogen) atoms. The van der Waals surface area contributed by atoms with Crippen LogP contribution in [0.3, 0.4) is 0 Å². The summed E-state index contributed by atoms with van der Waals surface area (Å²) in [5.74, 6) is -3.61. The number of primary amides is 1. The number of amides is 1. The van der Waals surface area contributed by atoms with Gasteiger partial charge in [0.2, 0.25) is 15.9 Å². The minimum atomic E-state index is -4.40. The van der Waals surface area contributed by atoms with Crippen molar-refractivity contribution in [2.45, 2.75) is 11.0 Å². The first-order valence-corrected chi connectivity index (χ1v) is 6.35. The molecule has 1 unspecified atom stereocenters.